The van der Waals surface area contributed by atoms with Crippen molar-refractivity contribution in [1.29, 1.82) is 0 Å². The molecule has 1 aromatic rings. The molecule has 90 valence electrons. The molecule has 0 radical (unpaired) electrons. The van der Waals surface area contributed by atoms with Crippen LogP contribution >= 0.6 is 0 Å². The summed E-state index contributed by atoms with van der Waals surface area (Å²) in [5, 5.41) is 3.13. The highest BCUT2D eigenvalue weighted by atomic mass is 19.4. The molecular weight excluding hydrogens is 238 g/mol. The summed E-state index contributed by atoms with van der Waals surface area (Å²) in [6.45, 7) is -0.0643. The molecule has 17 heavy (non-hydrogen) atoms. The predicted molar refractivity (Wildman–Crippen MR) is 54.4 cm³/mol. The van der Waals surface area contributed by atoms with Crippen molar-refractivity contribution in [3.8, 4) is 0 Å². The summed E-state index contributed by atoms with van der Waals surface area (Å²) in [6.07, 6.45) is -2.22. The van der Waals surface area contributed by atoms with Gasteiger partial charge in [-0.3, -0.25) is 0 Å². The standard InChI is InChI=1S/C10H7F4N3/c11-8-4-3-7(2-1-5-16-17-15)9(6-8)10(12,13)14/h1-4,6H,5H2. The van der Waals surface area contributed by atoms with Gasteiger partial charge in [0.05, 0.1) is 5.56 Å². The third-order valence-electron chi connectivity index (χ3n) is 1.87. The maximum Gasteiger partial charge on any atom is 0.417 e. The van der Waals surface area contributed by atoms with E-state index in [1.807, 2.05) is 0 Å². The van der Waals surface area contributed by atoms with Gasteiger partial charge in [-0.15, -0.1) is 0 Å². The highest BCUT2D eigenvalue weighted by molar-refractivity contribution is 5.55. The van der Waals surface area contributed by atoms with Gasteiger partial charge >= 0.3 is 6.18 Å². The Labute approximate surface area is 94.0 Å². The Bertz CT molecular complexity index is 473. The van der Waals surface area contributed by atoms with Crippen LogP contribution in [0.1, 0.15) is 11.1 Å². The molecule has 0 saturated carbocycles. The quantitative estimate of drug-likeness (QED) is 0.332. The summed E-state index contributed by atoms with van der Waals surface area (Å²) in [5.74, 6) is -0.954. The van der Waals surface area contributed by atoms with Crippen LogP contribution < -0.4 is 0 Å². The minimum absolute atomic E-state index is 0.0643. The topological polar surface area (TPSA) is 48.8 Å². The summed E-state index contributed by atoms with van der Waals surface area (Å²) >= 11 is 0. The van der Waals surface area contributed by atoms with Crippen LogP contribution in [0.5, 0.6) is 0 Å². The van der Waals surface area contributed by atoms with E-state index >= 15 is 0 Å². The van der Waals surface area contributed by atoms with Crippen molar-refractivity contribution in [3.05, 3.63) is 51.7 Å². The number of nitrogens with zero attached hydrogens (tertiary/aromatic N) is 3. The zero-order valence-electron chi connectivity index (χ0n) is 8.45. The van der Waals surface area contributed by atoms with Gasteiger partial charge in [0.2, 0.25) is 0 Å². The second-order valence-electron chi connectivity index (χ2n) is 3.05. The van der Waals surface area contributed by atoms with Crippen LogP contribution in [0.4, 0.5) is 17.6 Å². The summed E-state index contributed by atoms with van der Waals surface area (Å²) in [7, 11) is 0. The SMILES string of the molecule is [N-]=[N+]=NCC=Cc1ccc(F)cc1C(F)(F)F. The largest absolute Gasteiger partial charge is 0.417 e. The first-order valence-corrected chi connectivity index (χ1v) is 4.49. The summed E-state index contributed by atoms with van der Waals surface area (Å²) in [5.41, 5.74) is 6.74. The summed E-state index contributed by atoms with van der Waals surface area (Å²) in [4.78, 5) is 2.44. The number of rotatable bonds is 3. The first kappa shape index (κ1) is 13.1. The van der Waals surface area contributed by atoms with Gasteiger partial charge in [-0.1, -0.05) is 23.3 Å². The summed E-state index contributed by atoms with van der Waals surface area (Å²) < 4.78 is 50.3. The van der Waals surface area contributed by atoms with Crippen molar-refractivity contribution in [3.63, 3.8) is 0 Å². The number of hydrogen-bond donors (Lipinski definition) is 0. The second kappa shape index (κ2) is 5.36. The van der Waals surface area contributed by atoms with Gasteiger partial charge < -0.3 is 0 Å². The maximum atomic E-state index is 12.7. The molecule has 1 rings (SSSR count). The van der Waals surface area contributed by atoms with Gasteiger partial charge in [-0.2, -0.15) is 13.2 Å². The lowest BCUT2D eigenvalue weighted by Crippen LogP contribution is -2.07. The van der Waals surface area contributed by atoms with Crippen LogP contribution in [-0.4, -0.2) is 6.54 Å². The molecule has 0 fully saturated rings. The average Bonchev–Trinajstić information content (AvgIpc) is 2.25. The number of hydrogen-bond acceptors (Lipinski definition) is 1. The van der Waals surface area contributed by atoms with E-state index in [-0.39, 0.29) is 12.1 Å². The molecule has 0 bridgehead atoms. The van der Waals surface area contributed by atoms with Crippen LogP contribution in [0, 0.1) is 5.82 Å². The van der Waals surface area contributed by atoms with Crippen LogP contribution in [-0.2, 0) is 6.18 Å². The van der Waals surface area contributed by atoms with Gasteiger partial charge in [0.1, 0.15) is 5.82 Å². The smallest absolute Gasteiger partial charge is 0.207 e. The zero-order chi connectivity index (χ0) is 12.9. The summed E-state index contributed by atoms with van der Waals surface area (Å²) in [6, 6.07) is 2.38. The molecule has 0 aliphatic heterocycles. The van der Waals surface area contributed by atoms with Crippen LogP contribution in [0.2, 0.25) is 0 Å². The Kier molecular flexibility index (Phi) is 4.12. The Balaban J connectivity index is 3.07. The fourth-order valence-electron chi connectivity index (χ4n) is 1.18. The van der Waals surface area contributed by atoms with Gasteiger partial charge in [-0.25, -0.2) is 4.39 Å². The molecule has 0 unspecified atom stereocenters. The van der Waals surface area contributed by atoms with Crippen LogP contribution in [0.25, 0.3) is 16.5 Å². The zero-order valence-corrected chi connectivity index (χ0v) is 8.45. The minimum Gasteiger partial charge on any atom is -0.207 e. The molecule has 0 saturated heterocycles. The molecule has 0 atom stereocenters. The molecule has 0 aliphatic carbocycles. The van der Waals surface area contributed by atoms with E-state index in [9.17, 15) is 17.6 Å². The van der Waals surface area contributed by atoms with Crippen molar-refractivity contribution >= 4 is 6.08 Å². The van der Waals surface area contributed by atoms with Crippen molar-refractivity contribution < 1.29 is 17.6 Å². The Morgan fingerprint density at radius 3 is 2.65 bits per heavy atom. The van der Waals surface area contributed by atoms with Gasteiger partial charge in [0.25, 0.3) is 0 Å². The van der Waals surface area contributed by atoms with Crippen LogP contribution in [0.3, 0.4) is 0 Å². The Hall–Kier alpha value is -2.01. The first-order valence-electron chi connectivity index (χ1n) is 4.49. The van der Waals surface area contributed by atoms with Gasteiger partial charge in [-0.05, 0) is 23.2 Å². The molecular formula is C10H7F4N3. The lowest BCUT2D eigenvalue weighted by atomic mass is 10.1. The van der Waals surface area contributed by atoms with Gasteiger partial charge in [0.15, 0.2) is 0 Å². The fraction of sp³-hybridized carbons (Fsp3) is 0.200. The van der Waals surface area contributed by atoms with Crippen molar-refractivity contribution in [1.82, 2.24) is 0 Å². The van der Waals surface area contributed by atoms with E-state index in [1.165, 1.54) is 6.08 Å². The highest BCUT2D eigenvalue weighted by Gasteiger charge is 2.33. The number of azide groups is 1. The Morgan fingerprint density at radius 1 is 1.35 bits per heavy atom. The Morgan fingerprint density at radius 2 is 2.06 bits per heavy atom. The maximum absolute atomic E-state index is 12.7. The van der Waals surface area contributed by atoms with E-state index in [0.717, 1.165) is 18.2 Å². The lowest BCUT2D eigenvalue weighted by molar-refractivity contribution is -0.137. The van der Waals surface area contributed by atoms with E-state index in [2.05, 4.69) is 10.0 Å². The predicted octanol–water partition coefficient (Wildman–Crippen LogP) is 4.17. The lowest BCUT2D eigenvalue weighted by Gasteiger charge is -2.10. The molecule has 3 nitrogen and oxygen atoms in total. The molecule has 0 aromatic heterocycles. The molecule has 0 spiro atoms. The van der Waals surface area contributed by atoms with Crippen molar-refractivity contribution in [2.75, 3.05) is 6.54 Å². The van der Waals surface area contributed by atoms with Crippen molar-refractivity contribution in [2.45, 2.75) is 6.18 Å². The van der Waals surface area contributed by atoms with E-state index < -0.39 is 17.6 Å². The second-order valence-corrected chi connectivity index (χ2v) is 3.05. The van der Waals surface area contributed by atoms with Crippen molar-refractivity contribution in [2.24, 2.45) is 5.11 Å². The highest BCUT2D eigenvalue weighted by Crippen LogP contribution is 2.33. The molecule has 0 amide bonds. The average molecular weight is 245 g/mol. The normalized spacial score (nSPS) is 11.5. The monoisotopic (exact) mass is 245 g/mol. The molecule has 0 N–H and O–H groups in total. The minimum atomic E-state index is -4.62. The first-order chi connectivity index (χ1) is 7.95. The molecule has 0 aliphatic rings. The van der Waals surface area contributed by atoms with Crippen LogP contribution in [0.15, 0.2) is 29.4 Å². The number of benzene rings is 1. The molecule has 0 heterocycles. The van der Waals surface area contributed by atoms with E-state index in [4.69, 9.17) is 5.53 Å². The number of halogens is 4. The third-order valence-corrected chi connectivity index (χ3v) is 1.87. The number of alkyl halides is 3. The molecule has 1 aromatic carbocycles. The van der Waals surface area contributed by atoms with E-state index in [0.29, 0.717) is 6.07 Å². The fourth-order valence-corrected chi connectivity index (χ4v) is 1.18. The molecule has 7 heteroatoms. The third kappa shape index (κ3) is 3.81. The van der Waals surface area contributed by atoms with E-state index in [1.54, 1.807) is 0 Å². The van der Waals surface area contributed by atoms with Gasteiger partial charge in [0, 0.05) is 11.5 Å².